The maximum Gasteiger partial charge on any atom is 0.274 e. The molecular formula is C22H24FN5O3. The van der Waals surface area contributed by atoms with Crippen molar-refractivity contribution in [2.24, 2.45) is 5.10 Å². The second kappa shape index (κ2) is 9.38. The minimum Gasteiger partial charge on any atom is -0.493 e. The molecular weight excluding hydrogens is 401 g/mol. The van der Waals surface area contributed by atoms with Gasteiger partial charge in [-0.05, 0) is 29.8 Å². The molecule has 3 rings (SSSR count). The number of nitrogens with one attached hydrogen (secondary N) is 2. The Morgan fingerprint density at radius 1 is 1.16 bits per heavy atom. The van der Waals surface area contributed by atoms with Gasteiger partial charge in [0.05, 0.1) is 13.3 Å². The summed E-state index contributed by atoms with van der Waals surface area (Å²) in [7, 11) is 1.52. The number of H-pyrrole nitrogens is 1. The molecule has 0 unspecified atom stereocenters. The zero-order valence-corrected chi connectivity index (χ0v) is 17.8. The van der Waals surface area contributed by atoms with Crippen molar-refractivity contribution in [3.8, 4) is 11.5 Å². The molecule has 0 fully saturated rings. The summed E-state index contributed by atoms with van der Waals surface area (Å²) in [5, 5.41) is 12.0. The molecule has 0 radical (unpaired) electrons. The van der Waals surface area contributed by atoms with Gasteiger partial charge in [0, 0.05) is 11.0 Å². The molecule has 2 aromatic carbocycles. The molecule has 31 heavy (non-hydrogen) atoms. The van der Waals surface area contributed by atoms with E-state index >= 15 is 0 Å². The van der Waals surface area contributed by atoms with Crippen LogP contribution in [0.2, 0.25) is 0 Å². The van der Waals surface area contributed by atoms with E-state index in [-0.39, 0.29) is 23.9 Å². The summed E-state index contributed by atoms with van der Waals surface area (Å²) in [6.45, 7) is 5.73. The molecule has 3 aromatic rings. The van der Waals surface area contributed by atoms with Gasteiger partial charge in [0.2, 0.25) is 5.95 Å². The minimum atomic E-state index is -0.408. The largest absolute Gasteiger partial charge is 0.493 e. The number of halogens is 1. The van der Waals surface area contributed by atoms with Gasteiger partial charge in [0.1, 0.15) is 18.1 Å². The molecule has 1 aromatic heterocycles. The summed E-state index contributed by atoms with van der Waals surface area (Å²) in [6.07, 6.45) is 1.53. The SMILES string of the molecule is COc1cc(/C=N/Nc2nnc(C(C)(C)C)c(=O)[nH]2)ccc1OCc1ccccc1F. The van der Waals surface area contributed by atoms with Gasteiger partial charge >= 0.3 is 0 Å². The molecule has 1 heterocycles. The minimum absolute atomic E-state index is 0.0780. The Hall–Kier alpha value is -3.75. The molecule has 0 aliphatic heterocycles. The van der Waals surface area contributed by atoms with Crippen molar-refractivity contribution < 1.29 is 13.9 Å². The monoisotopic (exact) mass is 425 g/mol. The summed E-state index contributed by atoms with van der Waals surface area (Å²) in [4.78, 5) is 14.7. The number of ether oxygens (including phenoxy) is 2. The van der Waals surface area contributed by atoms with Crippen molar-refractivity contribution in [1.29, 1.82) is 0 Å². The highest BCUT2D eigenvalue weighted by Gasteiger charge is 2.20. The van der Waals surface area contributed by atoms with Crippen LogP contribution in [0.4, 0.5) is 10.3 Å². The number of benzene rings is 2. The Labute approximate surface area is 179 Å². The number of hydrogen-bond acceptors (Lipinski definition) is 7. The van der Waals surface area contributed by atoms with Gasteiger partial charge in [-0.2, -0.15) is 5.10 Å². The van der Waals surface area contributed by atoms with E-state index in [0.29, 0.717) is 28.3 Å². The lowest BCUT2D eigenvalue weighted by Gasteiger charge is -2.15. The molecule has 0 spiro atoms. The predicted molar refractivity (Wildman–Crippen MR) is 116 cm³/mol. The molecule has 0 amide bonds. The third kappa shape index (κ3) is 5.65. The normalized spacial score (nSPS) is 11.5. The van der Waals surface area contributed by atoms with Gasteiger partial charge < -0.3 is 9.47 Å². The highest BCUT2D eigenvalue weighted by molar-refractivity contribution is 5.81. The van der Waals surface area contributed by atoms with Gasteiger partial charge in [-0.25, -0.2) is 9.82 Å². The average molecular weight is 425 g/mol. The molecule has 2 N–H and O–H groups in total. The highest BCUT2D eigenvalue weighted by Crippen LogP contribution is 2.28. The van der Waals surface area contributed by atoms with E-state index in [1.807, 2.05) is 20.8 Å². The summed E-state index contributed by atoms with van der Waals surface area (Å²) in [5.74, 6) is 0.755. The number of hydrogen-bond donors (Lipinski definition) is 2. The van der Waals surface area contributed by atoms with Crippen LogP contribution in [0.25, 0.3) is 0 Å². The van der Waals surface area contributed by atoms with Crippen LogP contribution in [0, 0.1) is 5.82 Å². The van der Waals surface area contributed by atoms with E-state index < -0.39 is 5.41 Å². The maximum atomic E-state index is 13.8. The van der Waals surface area contributed by atoms with Crippen LogP contribution in [0.5, 0.6) is 11.5 Å². The van der Waals surface area contributed by atoms with E-state index in [1.54, 1.807) is 36.4 Å². The summed E-state index contributed by atoms with van der Waals surface area (Å²) in [6, 6.07) is 11.6. The lowest BCUT2D eigenvalue weighted by molar-refractivity contribution is 0.279. The van der Waals surface area contributed by atoms with Gasteiger partial charge in [-0.1, -0.05) is 39.0 Å². The summed E-state index contributed by atoms with van der Waals surface area (Å²) >= 11 is 0. The first-order valence-electron chi connectivity index (χ1n) is 9.58. The molecule has 0 atom stereocenters. The first kappa shape index (κ1) is 21.9. The number of hydrazone groups is 1. The molecule has 0 aliphatic rings. The zero-order valence-electron chi connectivity index (χ0n) is 17.8. The third-order valence-electron chi connectivity index (χ3n) is 4.32. The number of methoxy groups -OCH3 is 1. The number of nitrogens with zero attached hydrogens (tertiary/aromatic N) is 3. The first-order valence-corrected chi connectivity index (χ1v) is 9.58. The Morgan fingerprint density at radius 2 is 1.94 bits per heavy atom. The van der Waals surface area contributed by atoms with Crippen LogP contribution in [-0.4, -0.2) is 28.5 Å². The molecule has 0 bridgehead atoms. The van der Waals surface area contributed by atoms with Crippen LogP contribution in [-0.2, 0) is 12.0 Å². The van der Waals surface area contributed by atoms with E-state index in [4.69, 9.17) is 9.47 Å². The number of aromatic amines is 1. The van der Waals surface area contributed by atoms with Gasteiger partial charge in [-0.15, -0.1) is 10.2 Å². The highest BCUT2D eigenvalue weighted by atomic mass is 19.1. The van der Waals surface area contributed by atoms with Crippen molar-refractivity contribution in [3.63, 3.8) is 0 Å². The van der Waals surface area contributed by atoms with Crippen LogP contribution in [0.1, 0.15) is 37.6 Å². The van der Waals surface area contributed by atoms with Crippen LogP contribution >= 0.6 is 0 Å². The lowest BCUT2D eigenvalue weighted by Crippen LogP contribution is -2.28. The predicted octanol–water partition coefficient (Wildman–Crippen LogP) is 3.64. The van der Waals surface area contributed by atoms with Crippen LogP contribution < -0.4 is 20.5 Å². The molecule has 0 saturated heterocycles. The number of anilines is 1. The summed E-state index contributed by atoms with van der Waals surface area (Å²) in [5.41, 5.74) is 3.42. The van der Waals surface area contributed by atoms with Crippen molar-refractivity contribution >= 4 is 12.2 Å². The molecule has 162 valence electrons. The zero-order chi connectivity index (χ0) is 22.4. The van der Waals surface area contributed by atoms with Crippen LogP contribution in [0.15, 0.2) is 52.4 Å². The lowest BCUT2D eigenvalue weighted by atomic mass is 9.93. The Morgan fingerprint density at radius 3 is 2.61 bits per heavy atom. The van der Waals surface area contributed by atoms with E-state index in [2.05, 4.69) is 25.7 Å². The van der Waals surface area contributed by atoms with Gasteiger partial charge in [0.15, 0.2) is 11.5 Å². The van der Waals surface area contributed by atoms with Crippen molar-refractivity contribution in [2.45, 2.75) is 32.8 Å². The average Bonchev–Trinajstić information content (AvgIpc) is 2.72. The smallest absolute Gasteiger partial charge is 0.274 e. The second-order valence-electron chi connectivity index (χ2n) is 7.76. The molecule has 8 nitrogen and oxygen atoms in total. The van der Waals surface area contributed by atoms with E-state index in [0.717, 1.165) is 0 Å². The van der Waals surface area contributed by atoms with Crippen LogP contribution in [0.3, 0.4) is 0 Å². The summed E-state index contributed by atoms with van der Waals surface area (Å²) < 4.78 is 24.8. The van der Waals surface area contributed by atoms with Gasteiger partial charge in [-0.3, -0.25) is 9.78 Å². The molecule has 0 saturated carbocycles. The third-order valence-corrected chi connectivity index (χ3v) is 4.32. The fourth-order valence-electron chi connectivity index (χ4n) is 2.70. The fraction of sp³-hybridized carbons (Fsp3) is 0.273. The Kier molecular flexibility index (Phi) is 6.64. The topological polar surface area (TPSA) is 101 Å². The fourth-order valence-corrected chi connectivity index (χ4v) is 2.70. The molecule has 0 aliphatic carbocycles. The number of rotatable bonds is 7. The van der Waals surface area contributed by atoms with E-state index in [9.17, 15) is 9.18 Å². The van der Waals surface area contributed by atoms with Crippen molar-refractivity contribution in [2.75, 3.05) is 12.5 Å². The number of aromatic nitrogens is 3. The molecule has 9 heteroatoms. The first-order chi connectivity index (χ1) is 14.8. The Bertz CT molecular complexity index is 1140. The van der Waals surface area contributed by atoms with Crippen molar-refractivity contribution in [1.82, 2.24) is 15.2 Å². The second-order valence-corrected chi connectivity index (χ2v) is 7.76. The van der Waals surface area contributed by atoms with E-state index in [1.165, 1.54) is 19.4 Å². The standard InChI is InChI=1S/C22H24FN5O3/c1-22(2,3)19-20(29)25-21(28-26-19)27-24-12-14-9-10-17(18(11-14)30-4)31-13-15-7-5-6-8-16(15)23/h5-12H,13H2,1-4H3,(H2,25,27,28,29)/b24-12+. The van der Waals surface area contributed by atoms with Gasteiger partial charge in [0.25, 0.3) is 5.56 Å². The van der Waals surface area contributed by atoms with Crippen molar-refractivity contribution in [3.05, 3.63) is 75.5 Å². The Balaban J connectivity index is 1.67. The quantitative estimate of drug-likeness (QED) is 0.443. The maximum absolute atomic E-state index is 13.8.